The highest BCUT2D eigenvalue weighted by atomic mass is 16.7. The van der Waals surface area contributed by atoms with Gasteiger partial charge in [0.25, 0.3) is 0 Å². The lowest BCUT2D eigenvalue weighted by atomic mass is 10.0. The van der Waals surface area contributed by atoms with Crippen LogP contribution in [0.4, 0.5) is 11.8 Å². The summed E-state index contributed by atoms with van der Waals surface area (Å²) in [5, 5.41) is 3.35. The molecule has 0 unspecified atom stereocenters. The summed E-state index contributed by atoms with van der Waals surface area (Å²) in [7, 11) is 0. The fourth-order valence-corrected chi connectivity index (χ4v) is 2.74. The first kappa shape index (κ1) is 14.5. The molecular formula is C15H24N4O2. The second kappa shape index (κ2) is 6.15. The van der Waals surface area contributed by atoms with Crippen molar-refractivity contribution >= 4 is 11.8 Å². The Kier molecular flexibility index (Phi) is 4.26. The molecule has 1 N–H and O–H groups in total. The second-order valence-electron chi connectivity index (χ2n) is 6.11. The van der Waals surface area contributed by atoms with E-state index in [1.165, 1.54) is 0 Å². The van der Waals surface area contributed by atoms with Crippen molar-refractivity contribution in [2.75, 3.05) is 43.1 Å². The molecule has 0 saturated carbocycles. The topological polar surface area (TPSA) is 59.5 Å². The monoisotopic (exact) mass is 292 g/mol. The molecule has 116 valence electrons. The number of nitrogens with one attached hydrogen (secondary N) is 1. The van der Waals surface area contributed by atoms with Crippen LogP contribution >= 0.6 is 0 Å². The molecule has 2 saturated heterocycles. The van der Waals surface area contributed by atoms with Crippen LogP contribution in [0, 0.1) is 5.92 Å². The zero-order chi connectivity index (χ0) is 14.7. The Morgan fingerprint density at radius 2 is 2.00 bits per heavy atom. The van der Waals surface area contributed by atoms with Gasteiger partial charge in [0.1, 0.15) is 5.82 Å². The highest BCUT2D eigenvalue weighted by Crippen LogP contribution is 2.32. The number of piperidine rings is 1. The maximum absolute atomic E-state index is 5.75. The molecular weight excluding hydrogens is 268 g/mol. The molecule has 2 fully saturated rings. The van der Waals surface area contributed by atoms with Crippen LogP contribution in [0.1, 0.15) is 26.7 Å². The molecule has 2 aliphatic heterocycles. The number of nitrogens with zero attached hydrogens (tertiary/aromatic N) is 3. The average Bonchev–Trinajstić information content (AvgIpc) is 2.94. The van der Waals surface area contributed by atoms with Crippen LogP contribution < -0.4 is 10.2 Å². The van der Waals surface area contributed by atoms with E-state index in [-0.39, 0.29) is 5.79 Å². The van der Waals surface area contributed by atoms with Gasteiger partial charge in [-0.05, 0) is 12.0 Å². The number of rotatable bonds is 4. The summed E-state index contributed by atoms with van der Waals surface area (Å²) in [6.45, 7) is 8.44. The van der Waals surface area contributed by atoms with Gasteiger partial charge in [-0.2, -0.15) is 4.98 Å². The van der Waals surface area contributed by atoms with Gasteiger partial charge in [-0.15, -0.1) is 0 Å². The van der Waals surface area contributed by atoms with Gasteiger partial charge < -0.3 is 19.7 Å². The molecule has 1 spiro atoms. The molecule has 6 heteroatoms. The smallest absolute Gasteiger partial charge is 0.227 e. The molecule has 21 heavy (non-hydrogen) atoms. The third-order valence-corrected chi connectivity index (χ3v) is 3.96. The molecule has 0 bridgehead atoms. The van der Waals surface area contributed by atoms with Gasteiger partial charge in [-0.3, -0.25) is 0 Å². The Bertz CT molecular complexity index is 464. The maximum atomic E-state index is 5.75. The van der Waals surface area contributed by atoms with Gasteiger partial charge in [-0.1, -0.05) is 13.8 Å². The SMILES string of the molecule is CC(C)CNc1ccnc(N2CCC3(CC2)OCCO3)n1. The Labute approximate surface area is 125 Å². The Balaban J connectivity index is 1.61. The van der Waals surface area contributed by atoms with E-state index in [1.807, 2.05) is 12.3 Å². The van der Waals surface area contributed by atoms with E-state index in [9.17, 15) is 0 Å². The van der Waals surface area contributed by atoms with E-state index in [1.54, 1.807) is 0 Å². The van der Waals surface area contributed by atoms with Crippen LogP contribution in [-0.2, 0) is 9.47 Å². The van der Waals surface area contributed by atoms with E-state index in [4.69, 9.17) is 9.47 Å². The molecule has 1 aromatic heterocycles. The predicted molar refractivity (Wildman–Crippen MR) is 81.4 cm³/mol. The van der Waals surface area contributed by atoms with Gasteiger partial charge in [0.2, 0.25) is 5.95 Å². The van der Waals surface area contributed by atoms with Crippen LogP contribution in [0.5, 0.6) is 0 Å². The van der Waals surface area contributed by atoms with Crippen molar-refractivity contribution in [2.45, 2.75) is 32.5 Å². The molecule has 0 aromatic carbocycles. The van der Waals surface area contributed by atoms with Gasteiger partial charge in [0, 0.05) is 38.7 Å². The summed E-state index contributed by atoms with van der Waals surface area (Å²) in [6.07, 6.45) is 3.57. The third-order valence-electron chi connectivity index (χ3n) is 3.96. The van der Waals surface area contributed by atoms with E-state index in [2.05, 4.69) is 34.0 Å². The molecule has 2 aliphatic rings. The number of anilines is 2. The Morgan fingerprint density at radius 3 is 2.67 bits per heavy atom. The largest absolute Gasteiger partial charge is 0.370 e. The van der Waals surface area contributed by atoms with Crippen LogP contribution in [-0.4, -0.2) is 48.6 Å². The zero-order valence-corrected chi connectivity index (χ0v) is 12.8. The third kappa shape index (κ3) is 3.44. The summed E-state index contributed by atoms with van der Waals surface area (Å²) in [6, 6.07) is 1.92. The van der Waals surface area contributed by atoms with E-state index in [0.29, 0.717) is 19.1 Å². The van der Waals surface area contributed by atoms with Gasteiger partial charge in [0.05, 0.1) is 13.2 Å². The molecule has 0 radical (unpaired) electrons. The normalized spacial score (nSPS) is 21.2. The van der Waals surface area contributed by atoms with Crippen molar-refractivity contribution in [1.82, 2.24) is 9.97 Å². The van der Waals surface area contributed by atoms with Crippen LogP contribution in [0.3, 0.4) is 0 Å². The summed E-state index contributed by atoms with van der Waals surface area (Å²) in [5.74, 6) is 1.93. The van der Waals surface area contributed by atoms with E-state index >= 15 is 0 Å². The maximum Gasteiger partial charge on any atom is 0.227 e. The lowest BCUT2D eigenvalue weighted by Crippen LogP contribution is -2.45. The molecule has 3 rings (SSSR count). The number of hydrogen-bond donors (Lipinski definition) is 1. The van der Waals surface area contributed by atoms with E-state index < -0.39 is 0 Å². The van der Waals surface area contributed by atoms with Crippen molar-refractivity contribution < 1.29 is 9.47 Å². The molecule has 0 atom stereocenters. The summed E-state index contributed by atoms with van der Waals surface area (Å²) in [4.78, 5) is 11.2. The van der Waals surface area contributed by atoms with Crippen molar-refractivity contribution in [3.63, 3.8) is 0 Å². The minimum Gasteiger partial charge on any atom is -0.370 e. The van der Waals surface area contributed by atoms with Crippen LogP contribution in [0.15, 0.2) is 12.3 Å². The van der Waals surface area contributed by atoms with Crippen LogP contribution in [0.25, 0.3) is 0 Å². The summed E-state index contributed by atoms with van der Waals surface area (Å²) < 4.78 is 11.5. The summed E-state index contributed by atoms with van der Waals surface area (Å²) >= 11 is 0. The first-order chi connectivity index (χ1) is 10.2. The minimum absolute atomic E-state index is 0.343. The fourth-order valence-electron chi connectivity index (χ4n) is 2.74. The molecule has 0 amide bonds. The molecule has 3 heterocycles. The van der Waals surface area contributed by atoms with Gasteiger partial charge >= 0.3 is 0 Å². The number of hydrogen-bond acceptors (Lipinski definition) is 6. The zero-order valence-electron chi connectivity index (χ0n) is 12.8. The number of ether oxygens (including phenoxy) is 2. The standard InChI is InChI=1S/C15H24N4O2/c1-12(2)11-17-13-3-6-16-14(18-13)19-7-4-15(5-8-19)20-9-10-21-15/h3,6,12H,4-5,7-11H2,1-2H3,(H,16,17,18). The predicted octanol–water partition coefficient (Wildman–Crippen LogP) is 1.89. The highest BCUT2D eigenvalue weighted by molar-refractivity contribution is 5.41. The molecule has 6 nitrogen and oxygen atoms in total. The first-order valence-corrected chi connectivity index (χ1v) is 7.77. The van der Waals surface area contributed by atoms with Crippen molar-refractivity contribution in [1.29, 1.82) is 0 Å². The quantitative estimate of drug-likeness (QED) is 0.914. The number of aromatic nitrogens is 2. The van der Waals surface area contributed by atoms with E-state index in [0.717, 1.165) is 44.2 Å². The van der Waals surface area contributed by atoms with Crippen LogP contribution in [0.2, 0.25) is 0 Å². The Hall–Kier alpha value is -1.40. The lowest BCUT2D eigenvalue weighted by Gasteiger charge is -2.37. The van der Waals surface area contributed by atoms with Gasteiger partial charge in [0.15, 0.2) is 5.79 Å². The molecule has 1 aromatic rings. The average molecular weight is 292 g/mol. The van der Waals surface area contributed by atoms with Crippen molar-refractivity contribution in [2.24, 2.45) is 5.92 Å². The fraction of sp³-hybridized carbons (Fsp3) is 0.733. The first-order valence-electron chi connectivity index (χ1n) is 7.77. The summed E-state index contributed by atoms with van der Waals surface area (Å²) in [5.41, 5.74) is 0. The Morgan fingerprint density at radius 1 is 1.29 bits per heavy atom. The second-order valence-corrected chi connectivity index (χ2v) is 6.11. The minimum atomic E-state index is -0.343. The van der Waals surface area contributed by atoms with Crippen molar-refractivity contribution in [3.05, 3.63) is 12.3 Å². The lowest BCUT2D eigenvalue weighted by molar-refractivity contribution is -0.169. The van der Waals surface area contributed by atoms with Crippen molar-refractivity contribution in [3.8, 4) is 0 Å². The highest BCUT2D eigenvalue weighted by Gasteiger charge is 2.40. The molecule has 0 aliphatic carbocycles. The van der Waals surface area contributed by atoms with Gasteiger partial charge in [-0.25, -0.2) is 4.98 Å².